The Morgan fingerprint density at radius 1 is 1.08 bits per heavy atom. The van der Waals surface area contributed by atoms with Crippen molar-refractivity contribution >= 4 is 0 Å². The van der Waals surface area contributed by atoms with Crippen molar-refractivity contribution in [2.24, 2.45) is 10.8 Å². The molecule has 0 aromatic rings. The van der Waals surface area contributed by atoms with Gasteiger partial charge in [0.25, 0.3) is 0 Å². The maximum absolute atomic E-state index is 9.19. The molecule has 2 nitrogen and oxygen atoms in total. The van der Waals surface area contributed by atoms with Gasteiger partial charge in [-0.05, 0) is 18.3 Å². The van der Waals surface area contributed by atoms with E-state index in [2.05, 4.69) is 20.8 Å². The van der Waals surface area contributed by atoms with Crippen molar-refractivity contribution in [3.8, 4) is 0 Å². The van der Waals surface area contributed by atoms with Crippen LogP contribution in [0.5, 0.6) is 0 Å². The van der Waals surface area contributed by atoms with Crippen LogP contribution in [0.25, 0.3) is 0 Å². The van der Waals surface area contributed by atoms with Gasteiger partial charge in [-0.3, -0.25) is 0 Å². The van der Waals surface area contributed by atoms with Gasteiger partial charge in [-0.1, -0.05) is 34.6 Å². The third-order valence-electron chi connectivity index (χ3n) is 2.37. The van der Waals surface area contributed by atoms with E-state index in [1.54, 1.807) is 0 Å². The molecule has 0 aromatic heterocycles. The quantitative estimate of drug-likeness (QED) is 0.644. The average Bonchev–Trinajstić information content (AvgIpc) is 1.83. The van der Waals surface area contributed by atoms with Crippen LogP contribution in [0.4, 0.5) is 0 Å². The Kier molecular flexibility index (Phi) is 3.73. The van der Waals surface area contributed by atoms with Gasteiger partial charge in [0.05, 0.1) is 0 Å². The van der Waals surface area contributed by atoms with E-state index in [1.807, 2.05) is 13.8 Å². The van der Waals surface area contributed by atoms with Gasteiger partial charge in [-0.15, -0.1) is 0 Å². The molecule has 0 rings (SSSR count). The van der Waals surface area contributed by atoms with Crippen molar-refractivity contribution in [2.45, 2.75) is 53.8 Å². The summed E-state index contributed by atoms with van der Waals surface area (Å²) in [4.78, 5) is 0. The van der Waals surface area contributed by atoms with Crippen LogP contribution < -0.4 is 0 Å². The number of hydrogen-bond donors (Lipinski definition) is 2. The van der Waals surface area contributed by atoms with Crippen molar-refractivity contribution in [2.75, 3.05) is 0 Å². The highest BCUT2D eigenvalue weighted by molar-refractivity contribution is 4.80. The Hall–Kier alpha value is -0.0800. The lowest BCUT2D eigenvalue weighted by Gasteiger charge is -2.36. The molecular formula is C10H22O2. The fourth-order valence-electron chi connectivity index (χ4n) is 1.61. The molecule has 0 bridgehead atoms. The van der Waals surface area contributed by atoms with Crippen LogP contribution in [0.3, 0.4) is 0 Å². The van der Waals surface area contributed by atoms with Gasteiger partial charge in [0.15, 0.2) is 6.29 Å². The molecule has 0 saturated heterocycles. The normalized spacial score (nSPS) is 18.0. The van der Waals surface area contributed by atoms with E-state index in [9.17, 15) is 10.2 Å². The Morgan fingerprint density at radius 2 is 1.50 bits per heavy atom. The van der Waals surface area contributed by atoms with E-state index >= 15 is 0 Å². The molecule has 0 spiro atoms. The van der Waals surface area contributed by atoms with Crippen LogP contribution in [0.15, 0.2) is 0 Å². The molecule has 0 amide bonds. The maximum Gasteiger partial charge on any atom is 0.156 e. The molecule has 0 saturated carbocycles. The lowest BCUT2D eigenvalue weighted by atomic mass is 9.73. The van der Waals surface area contributed by atoms with Crippen molar-refractivity contribution < 1.29 is 10.2 Å². The minimum atomic E-state index is -1.21. The zero-order valence-electron chi connectivity index (χ0n) is 8.89. The summed E-state index contributed by atoms with van der Waals surface area (Å²) in [6.07, 6.45) is 0.414. The van der Waals surface area contributed by atoms with Gasteiger partial charge >= 0.3 is 0 Å². The maximum atomic E-state index is 9.19. The molecule has 0 aliphatic heterocycles. The molecule has 0 aromatic carbocycles. The van der Waals surface area contributed by atoms with Gasteiger partial charge in [-0.2, -0.15) is 0 Å². The molecule has 0 fully saturated rings. The molecule has 0 aliphatic rings. The number of hydrogen-bond acceptors (Lipinski definition) is 2. The summed E-state index contributed by atoms with van der Waals surface area (Å²) in [6.45, 7) is 10.3. The van der Waals surface area contributed by atoms with Crippen molar-refractivity contribution in [3.05, 3.63) is 0 Å². The van der Waals surface area contributed by atoms with E-state index in [4.69, 9.17) is 0 Å². The third kappa shape index (κ3) is 3.55. The molecule has 2 N–H and O–H groups in total. The predicted molar refractivity (Wildman–Crippen MR) is 50.7 cm³/mol. The lowest BCUT2D eigenvalue weighted by Crippen LogP contribution is -2.35. The fourth-order valence-corrected chi connectivity index (χ4v) is 1.61. The highest BCUT2D eigenvalue weighted by Crippen LogP contribution is 2.37. The second kappa shape index (κ2) is 3.75. The number of rotatable bonds is 3. The van der Waals surface area contributed by atoms with Crippen LogP contribution in [0, 0.1) is 10.8 Å². The Morgan fingerprint density at radius 3 is 1.58 bits per heavy atom. The molecule has 0 aliphatic carbocycles. The minimum absolute atomic E-state index is 0.147. The first kappa shape index (κ1) is 11.9. The van der Waals surface area contributed by atoms with Crippen LogP contribution in [0.1, 0.15) is 47.5 Å². The molecule has 2 heteroatoms. The smallest absolute Gasteiger partial charge is 0.156 e. The number of aliphatic hydroxyl groups is 2. The summed E-state index contributed by atoms with van der Waals surface area (Å²) >= 11 is 0. The van der Waals surface area contributed by atoms with E-state index in [1.165, 1.54) is 0 Å². The van der Waals surface area contributed by atoms with Crippen LogP contribution in [-0.2, 0) is 0 Å². The number of aliphatic hydroxyl groups excluding tert-OH is 1. The molecule has 12 heavy (non-hydrogen) atoms. The van der Waals surface area contributed by atoms with Crippen molar-refractivity contribution in [1.29, 1.82) is 0 Å². The lowest BCUT2D eigenvalue weighted by molar-refractivity contribution is -0.141. The van der Waals surface area contributed by atoms with Crippen molar-refractivity contribution in [3.63, 3.8) is 0 Å². The molecular weight excluding hydrogens is 152 g/mol. The first-order valence-corrected chi connectivity index (χ1v) is 4.57. The SMILES string of the molecule is CCC(C)(CC(C)(C)C)C(O)O. The van der Waals surface area contributed by atoms with Crippen LogP contribution in [0.2, 0.25) is 0 Å². The highest BCUT2D eigenvalue weighted by Gasteiger charge is 2.34. The molecule has 1 atom stereocenters. The Labute approximate surface area is 75.6 Å². The molecule has 74 valence electrons. The summed E-state index contributed by atoms with van der Waals surface area (Å²) in [6, 6.07) is 0. The zero-order valence-corrected chi connectivity index (χ0v) is 8.89. The standard InChI is InChI=1S/C10H22O2/c1-6-10(5,8(11)12)7-9(2,3)4/h8,11-12H,6-7H2,1-5H3. The summed E-state index contributed by atoms with van der Waals surface area (Å²) in [5.74, 6) is 0. The van der Waals surface area contributed by atoms with Crippen LogP contribution in [-0.4, -0.2) is 16.5 Å². The Balaban J connectivity index is 4.35. The van der Waals surface area contributed by atoms with Crippen molar-refractivity contribution in [1.82, 2.24) is 0 Å². The summed E-state index contributed by atoms with van der Waals surface area (Å²) in [7, 11) is 0. The van der Waals surface area contributed by atoms with E-state index in [0.717, 1.165) is 12.8 Å². The van der Waals surface area contributed by atoms with Crippen LogP contribution >= 0.6 is 0 Å². The highest BCUT2D eigenvalue weighted by atomic mass is 16.5. The largest absolute Gasteiger partial charge is 0.368 e. The average molecular weight is 174 g/mol. The van der Waals surface area contributed by atoms with Gasteiger partial charge in [0, 0.05) is 5.41 Å². The fraction of sp³-hybridized carbons (Fsp3) is 1.00. The first-order valence-electron chi connectivity index (χ1n) is 4.57. The molecule has 1 unspecified atom stereocenters. The molecule has 0 heterocycles. The van der Waals surface area contributed by atoms with Gasteiger partial charge in [0.1, 0.15) is 0 Å². The van der Waals surface area contributed by atoms with E-state index in [-0.39, 0.29) is 10.8 Å². The van der Waals surface area contributed by atoms with E-state index < -0.39 is 6.29 Å². The second-order valence-electron chi connectivity index (χ2n) is 5.12. The predicted octanol–water partition coefficient (Wildman–Crippen LogP) is 2.15. The minimum Gasteiger partial charge on any atom is -0.368 e. The monoisotopic (exact) mass is 174 g/mol. The Bertz CT molecular complexity index is 135. The molecule has 0 radical (unpaired) electrons. The van der Waals surface area contributed by atoms with Gasteiger partial charge in [-0.25, -0.2) is 0 Å². The summed E-state index contributed by atoms with van der Waals surface area (Å²) in [5.41, 5.74) is -0.216. The summed E-state index contributed by atoms with van der Waals surface area (Å²) in [5, 5.41) is 18.4. The zero-order chi connectivity index (χ0) is 9.99. The first-order chi connectivity index (χ1) is 5.21. The van der Waals surface area contributed by atoms with E-state index in [0.29, 0.717) is 0 Å². The van der Waals surface area contributed by atoms with Gasteiger partial charge in [0.2, 0.25) is 0 Å². The second-order valence-corrected chi connectivity index (χ2v) is 5.12. The van der Waals surface area contributed by atoms with Gasteiger partial charge < -0.3 is 10.2 Å². The summed E-state index contributed by atoms with van der Waals surface area (Å²) < 4.78 is 0. The third-order valence-corrected chi connectivity index (χ3v) is 2.37. The topological polar surface area (TPSA) is 40.5 Å².